The molecule has 1 heterocycles. The predicted octanol–water partition coefficient (Wildman–Crippen LogP) is 6.29. The lowest BCUT2D eigenvalue weighted by Gasteiger charge is -2.05. The number of aromatic nitrogens is 1. The SMILES string of the molecule is Cc1cccc(CSc2cn(Cc3ccccc3)c3ccccc23)c1. The van der Waals surface area contributed by atoms with Gasteiger partial charge >= 0.3 is 0 Å². The molecule has 0 saturated carbocycles. The van der Waals surface area contributed by atoms with Crippen molar-refractivity contribution in [2.24, 2.45) is 0 Å². The zero-order valence-electron chi connectivity index (χ0n) is 14.4. The van der Waals surface area contributed by atoms with E-state index in [1.54, 1.807) is 0 Å². The second-order valence-corrected chi connectivity index (χ2v) is 7.42. The monoisotopic (exact) mass is 343 g/mol. The Hall–Kier alpha value is -2.45. The molecule has 0 radical (unpaired) electrons. The number of benzene rings is 3. The zero-order chi connectivity index (χ0) is 17.1. The van der Waals surface area contributed by atoms with Gasteiger partial charge in [-0.05, 0) is 24.1 Å². The Balaban J connectivity index is 1.63. The van der Waals surface area contributed by atoms with Crippen LogP contribution in [0.3, 0.4) is 0 Å². The number of thioether (sulfide) groups is 1. The molecule has 124 valence electrons. The molecule has 0 fully saturated rings. The molecule has 2 heteroatoms. The summed E-state index contributed by atoms with van der Waals surface area (Å²) in [4.78, 5) is 1.35. The molecule has 0 aliphatic rings. The molecule has 0 aliphatic heterocycles. The van der Waals surface area contributed by atoms with Crippen LogP contribution >= 0.6 is 11.8 Å². The van der Waals surface area contributed by atoms with Gasteiger partial charge in [0.2, 0.25) is 0 Å². The molecule has 25 heavy (non-hydrogen) atoms. The first kappa shape index (κ1) is 16.0. The Morgan fingerprint density at radius 3 is 2.40 bits per heavy atom. The fourth-order valence-corrected chi connectivity index (χ4v) is 4.23. The maximum absolute atomic E-state index is 2.36. The van der Waals surface area contributed by atoms with Gasteiger partial charge in [-0.2, -0.15) is 0 Å². The minimum absolute atomic E-state index is 0.909. The van der Waals surface area contributed by atoms with Gasteiger partial charge in [0.15, 0.2) is 0 Å². The van der Waals surface area contributed by atoms with Gasteiger partial charge in [-0.15, -0.1) is 11.8 Å². The number of fused-ring (bicyclic) bond motifs is 1. The number of rotatable bonds is 5. The minimum Gasteiger partial charge on any atom is -0.342 e. The van der Waals surface area contributed by atoms with E-state index in [4.69, 9.17) is 0 Å². The van der Waals surface area contributed by atoms with Crippen LogP contribution in [0.15, 0.2) is 90.0 Å². The molecule has 3 aromatic carbocycles. The van der Waals surface area contributed by atoms with Crippen LogP contribution in [0.4, 0.5) is 0 Å². The van der Waals surface area contributed by atoms with Crippen LogP contribution in [0.5, 0.6) is 0 Å². The van der Waals surface area contributed by atoms with E-state index in [0.717, 1.165) is 12.3 Å². The molecular formula is C23H21NS. The fraction of sp³-hybridized carbons (Fsp3) is 0.130. The van der Waals surface area contributed by atoms with E-state index in [1.807, 2.05) is 11.8 Å². The van der Waals surface area contributed by atoms with Crippen LogP contribution in [0.2, 0.25) is 0 Å². The van der Waals surface area contributed by atoms with Gasteiger partial charge in [0.1, 0.15) is 0 Å². The molecule has 4 aromatic rings. The maximum atomic E-state index is 2.36. The molecule has 4 rings (SSSR count). The third kappa shape index (κ3) is 3.64. The molecule has 0 amide bonds. The topological polar surface area (TPSA) is 4.93 Å². The van der Waals surface area contributed by atoms with Crippen molar-refractivity contribution in [3.05, 3.63) is 102 Å². The summed E-state index contributed by atoms with van der Waals surface area (Å²) in [6, 6.07) is 28.1. The van der Waals surface area contributed by atoms with Gasteiger partial charge in [0.25, 0.3) is 0 Å². The van der Waals surface area contributed by atoms with Gasteiger partial charge in [0, 0.05) is 34.3 Å². The van der Waals surface area contributed by atoms with Gasteiger partial charge < -0.3 is 4.57 Å². The number of hydrogen-bond acceptors (Lipinski definition) is 1. The summed E-state index contributed by atoms with van der Waals surface area (Å²) in [6.45, 7) is 3.06. The highest BCUT2D eigenvalue weighted by Crippen LogP contribution is 2.32. The Labute approximate surface area is 153 Å². The van der Waals surface area contributed by atoms with Crippen LogP contribution in [-0.2, 0) is 12.3 Å². The summed E-state index contributed by atoms with van der Waals surface area (Å²) in [5, 5.41) is 1.34. The first-order valence-corrected chi connectivity index (χ1v) is 9.58. The largest absolute Gasteiger partial charge is 0.342 e. The third-order valence-electron chi connectivity index (χ3n) is 4.42. The molecule has 1 nitrogen and oxygen atoms in total. The molecule has 0 aliphatic carbocycles. The summed E-state index contributed by atoms with van der Waals surface area (Å²) >= 11 is 1.92. The van der Waals surface area contributed by atoms with Crippen molar-refractivity contribution in [2.75, 3.05) is 0 Å². The van der Waals surface area contributed by atoms with E-state index in [2.05, 4.69) is 96.6 Å². The van der Waals surface area contributed by atoms with Crippen LogP contribution < -0.4 is 0 Å². The molecule has 0 N–H and O–H groups in total. The average Bonchev–Trinajstić information content (AvgIpc) is 2.99. The fourth-order valence-electron chi connectivity index (χ4n) is 3.20. The normalized spacial score (nSPS) is 11.1. The lowest BCUT2D eigenvalue weighted by atomic mass is 10.2. The predicted molar refractivity (Wildman–Crippen MR) is 108 cm³/mol. The van der Waals surface area contributed by atoms with Crippen LogP contribution in [0, 0.1) is 6.92 Å². The third-order valence-corrected chi connectivity index (χ3v) is 5.54. The lowest BCUT2D eigenvalue weighted by molar-refractivity contribution is 0.830. The molecule has 0 saturated heterocycles. The van der Waals surface area contributed by atoms with Crippen molar-refractivity contribution < 1.29 is 0 Å². The second kappa shape index (κ2) is 7.20. The number of aryl methyl sites for hydroxylation is 1. The van der Waals surface area contributed by atoms with Gasteiger partial charge in [0.05, 0.1) is 0 Å². The van der Waals surface area contributed by atoms with E-state index in [9.17, 15) is 0 Å². The van der Waals surface area contributed by atoms with E-state index < -0.39 is 0 Å². The summed E-state index contributed by atoms with van der Waals surface area (Å²) in [5.41, 5.74) is 5.34. The van der Waals surface area contributed by atoms with E-state index in [0.29, 0.717) is 0 Å². The molecule has 1 aromatic heterocycles. The standard InChI is InChI=1S/C23H21NS/c1-18-8-7-11-20(14-18)17-25-23-16-24(15-19-9-3-2-4-10-19)22-13-6-5-12-21(22)23/h2-14,16H,15,17H2,1H3. The van der Waals surface area contributed by atoms with Crippen LogP contribution in [0.1, 0.15) is 16.7 Å². The highest BCUT2D eigenvalue weighted by atomic mass is 32.2. The Morgan fingerprint density at radius 1 is 0.800 bits per heavy atom. The first-order valence-electron chi connectivity index (χ1n) is 8.60. The van der Waals surface area contributed by atoms with Crippen LogP contribution in [0.25, 0.3) is 10.9 Å². The Bertz CT molecular complexity index is 985. The summed E-state index contributed by atoms with van der Waals surface area (Å²) in [6.07, 6.45) is 2.30. The van der Waals surface area contributed by atoms with Crippen molar-refractivity contribution in [2.45, 2.75) is 24.1 Å². The minimum atomic E-state index is 0.909. The van der Waals surface area contributed by atoms with E-state index in [1.165, 1.54) is 32.5 Å². The summed E-state index contributed by atoms with van der Waals surface area (Å²) < 4.78 is 2.36. The van der Waals surface area contributed by atoms with E-state index in [-0.39, 0.29) is 0 Å². The maximum Gasteiger partial charge on any atom is 0.0495 e. The molecule has 0 spiro atoms. The van der Waals surface area contributed by atoms with Gasteiger partial charge in [-0.1, -0.05) is 78.4 Å². The molecule has 0 unspecified atom stereocenters. The van der Waals surface area contributed by atoms with Crippen molar-refractivity contribution in [3.8, 4) is 0 Å². The number of nitrogens with zero attached hydrogens (tertiary/aromatic N) is 1. The summed E-state index contributed by atoms with van der Waals surface area (Å²) in [5.74, 6) is 1.00. The molecule has 0 atom stereocenters. The van der Waals surface area contributed by atoms with Crippen molar-refractivity contribution in [1.29, 1.82) is 0 Å². The Morgan fingerprint density at radius 2 is 1.56 bits per heavy atom. The number of para-hydroxylation sites is 1. The Kier molecular flexibility index (Phi) is 4.62. The quantitative estimate of drug-likeness (QED) is 0.385. The highest BCUT2D eigenvalue weighted by Gasteiger charge is 2.09. The van der Waals surface area contributed by atoms with Crippen molar-refractivity contribution in [3.63, 3.8) is 0 Å². The molecular weight excluding hydrogens is 322 g/mol. The van der Waals surface area contributed by atoms with Gasteiger partial charge in [-0.25, -0.2) is 0 Å². The lowest BCUT2D eigenvalue weighted by Crippen LogP contribution is -1.97. The first-order chi connectivity index (χ1) is 12.3. The summed E-state index contributed by atoms with van der Waals surface area (Å²) in [7, 11) is 0. The average molecular weight is 343 g/mol. The highest BCUT2D eigenvalue weighted by molar-refractivity contribution is 7.98. The smallest absolute Gasteiger partial charge is 0.0495 e. The molecule has 0 bridgehead atoms. The second-order valence-electron chi connectivity index (χ2n) is 6.40. The van der Waals surface area contributed by atoms with Gasteiger partial charge in [-0.3, -0.25) is 0 Å². The van der Waals surface area contributed by atoms with Crippen molar-refractivity contribution >= 4 is 22.7 Å². The van der Waals surface area contributed by atoms with E-state index >= 15 is 0 Å². The van der Waals surface area contributed by atoms with Crippen LogP contribution in [-0.4, -0.2) is 4.57 Å². The number of hydrogen-bond donors (Lipinski definition) is 0. The zero-order valence-corrected chi connectivity index (χ0v) is 15.2. The van der Waals surface area contributed by atoms with Crippen molar-refractivity contribution in [1.82, 2.24) is 4.57 Å².